The number of primary amides is 1. The van der Waals surface area contributed by atoms with E-state index in [0.717, 1.165) is 10.6 Å². The SMILES string of the molecule is COc1ccccc1NC(=O)[C@H](C)Nc1ccccc1SCC(N)=O. The second kappa shape index (κ2) is 8.98. The van der Waals surface area contributed by atoms with Gasteiger partial charge in [-0.1, -0.05) is 24.3 Å². The van der Waals surface area contributed by atoms with E-state index >= 15 is 0 Å². The van der Waals surface area contributed by atoms with Gasteiger partial charge in [0.25, 0.3) is 0 Å². The summed E-state index contributed by atoms with van der Waals surface area (Å²) >= 11 is 1.33. The maximum Gasteiger partial charge on any atom is 0.246 e. The standard InChI is InChI=1S/C18H21N3O3S/c1-12(18(23)21-13-7-3-5-9-15(13)24-2)20-14-8-4-6-10-16(14)25-11-17(19)22/h3-10,12,20H,11H2,1-2H3,(H2,19,22)(H,21,23)/t12-/m0/s1. The number of hydrogen-bond acceptors (Lipinski definition) is 5. The first-order valence-corrected chi connectivity index (χ1v) is 8.70. The molecular weight excluding hydrogens is 338 g/mol. The highest BCUT2D eigenvalue weighted by atomic mass is 32.2. The quantitative estimate of drug-likeness (QED) is 0.630. The molecule has 4 N–H and O–H groups in total. The summed E-state index contributed by atoms with van der Waals surface area (Å²) in [5.41, 5.74) is 6.58. The van der Waals surface area contributed by atoms with Gasteiger partial charge in [-0.25, -0.2) is 0 Å². The van der Waals surface area contributed by atoms with Gasteiger partial charge in [0.1, 0.15) is 11.8 Å². The van der Waals surface area contributed by atoms with Crippen LogP contribution < -0.4 is 21.1 Å². The Morgan fingerprint density at radius 3 is 2.44 bits per heavy atom. The van der Waals surface area contributed by atoms with E-state index in [1.807, 2.05) is 36.4 Å². The molecule has 2 amide bonds. The van der Waals surface area contributed by atoms with Gasteiger partial charge in [0.05, 0.1) is 18.6 Å². The molecule has 25 heavy (non-hydrogen) atoms. The third kappa shape index (κ3) is 5.42. The molecule has 2 aromatic carbocycles. The van der Waals surface area contributed by atoms with E-state index < -0.39 is 6.04 Å². The molecule has 0 saturated heterocycles. The van der Waals surface area contributed by atoms with Crippen molar-refractivity contribution >= 4 is 35.0 Å². The predicted octanol–water partition coefficient (Wildman–Crippen LogP) is 2.71. The first-order chi connectivity index (χ1) is 12.0. The van der Waals surface area contributed by atoms with Gasteiger partial charge in [0, 0.05) is 10.6 Å². The van der Waals surface area contributed by atoms with Gasteiger partial charge in [0.2, 0.25) is 11.8 Å². The van der Waals surface area contributed by atoms with Crippen molar-refractivity contribution in [3.8, 4) is 5.75 Å². The van der Waals surface area contributed by atoms with Gasteiger partial charge < -0.3 is 21.1 Å². The third-order valence-electron chi connectivity index (χ3n) is 3.39. The Bertz CT molecular complexity index is 752. The maximum absolute atomic E-state index is 12.5. The van der Waals surface area contributed by atoms with E-state index in [-0.39, 0.29) is 17.6 Å². The molecule has 0 aliphatic rings. The lowest BCUT2D eigenvalue weighted by Crippen LogP contribution is -2.32. The summed E-state index contributed by atoms with van der Waals surface area (Å²) < 4.78 is 5.24. The predicted molar refractivity (Wildman–Crippen MR) is 101 cm³/mol. The van der Waals surface area contributed by atoms with Crippen LogP contribution in [0.25, 0.3) is 0 Å². The molecule has 0 unspecified atom stereocenters. The Morgan fingerprint density at radius 2 is 1.76 bits per heavy atom. The lowest BCUT2D eigenvalue weighted by atomic mass is 10.2. The van der Waals surface area contributed by atoms with Crippen molar-refractivity contribution in [2.45, 2.75) is 17.9 Å². The van der Waals surface area contributed by atoms with Crippen LogP contribution in [0.3, 0.4) is 0 Å². The Hall–Kier alpha value is -2.67. The number of amides is 2. The van der Waals surface area contributed by atoms with E-state index in [1.165, 1.54) is 11.8 Å². The molecule has 0 radical (unpaired) electrons. The third-order valence-corrected chi connectivity index (χ3v) is 4.48. The van der Waals surface area contributed by atoms with Crippen molar-refractivity contribution in [1.82, 2.24) is 0 Å². The van der Waals surface area contributed by atoms with Crippen LogP contribution in [0.5, 0.6) is 5.75 Å². The van der Waals surface area contributed by atoms with E-state index in [2.05, 4.69) is 10.6 Å². The fraction of sp³-hybridized carbons (Fsp3) is 0.222. The Morgan fingerprint density at radius 1 is 1.12 bits per heavy atom. The lowest BCUT2D eigenvalue weighted by Gasteiger charge is -2.18. The number of nitrogens with two attached hydrogens (primary N) is 1. The van der Waals surface area contributed by atoms with Crippen LogP contribution in [0.4, 0.5) is 11.4 Å². The van der Waals surface area contributed by atoms with E-state index in [9.17, 15) is 9.59 Å². The number of benzene rings is 2. The average Bonchev–Trinajstić information content (AvgIpc) is 2.61. The number of nitrogens with one attached hydrogen (secondary N) is 2. The molecule has 0 fully saturated rings. The zero-order valence-corrected chi connectivity index (χ0v) is 14.9. The normalized spacial score (nSPS) is 11.4. The van der Waals surface area contributed by atoms with Crippen LogP contribution in [0.1, 0.15) is 6.92 Å². The molecule has 2 aromatic rings. The van der Waals surface area contributed by atoms with E-state index in [0.29, 0.717) is 11.4 Å². The largest absolute Gasteiger partial charge is 0.495 e. The number of carbonyl (C=O) groups is 2. The monoisotopic (exact) mass is 359 g/mol. The van der Waals surface area contributed by atoms with Crippen molar-refractivity contribution in [2.24, 2.45) is 5.73 Å². The number of para-hydroxylation sites is 3. The van der Waals surface area contributed by atoms with Crippen LogP contribution in [-0.4, -0.2) is 30.7 Å². The van der Waals surface area contributed by atoms with Gasteiger partial charge in [-0.15, -0.1) is 11.8 Å². The number of methoxy groups -OCH3 is 1. The first kappa shape index (κ1) is 18.7. The van der Waals surface area contributed by atoms with Crippen LogP contribution >= 0.6 is 11.8 Å². The fourth-order valence-electron chi connectivity index (χ4n) is 2.15. The molecular formula is C18H21N3O3S. The minimum atomic E-state index is -0.486. The number of anilines is 2. The van der Waals surface area contributed by atoms with Crippen molar-refractivity contribution < 1.29 is 14.3 Å². The molecule has 0 aromatic heterocycles. The zero-order chi connectivity index (χ0) is 18.2. The molecule has 0 saturated carbocycles. The summed E-state index contributed by atoms with van der Waals surface area (Å²) in [5.74, 6) is 0.196. The molecule has 6 nitrogen and oxygen atoms in total. The van der Waals surface area contributed by atoms with Crippen LogP contribution in [0.2, 0.25) is 0 Å². The summed E-state index contributed by atoms with van der Waals surface area (Å²) in [6.45, 7) is 1.76. The van der Waals surface area contributed by atoms with Crippen molar-refractivity contribution in [3.05, 3.63) is 48.5 Å². The summed E-state index contributed by atoms with van der Waals surface area (Å²) in [7, 11) is 1.55. The van der Waals surface area contributed by atoms with Gasteiger partial charge in [-0.2, -0.15) is 0 Å². The van der Waals surface area contributed by atoms with Crippen LogP contribution in [0.15, 0.2) is 53.4 Å². The van der Waals surface area contributed by atoms with Gasteiger partial charge >= 0.3 is 0 Å². The number of rotatable bonds is 8. The highest BCUT2D eigenvalue weighted by Gasteiger charge is 2.16. The Kier molecular flexibility index (Phi) is 6.71. The molecule has 0 aliphatic heterocycles. The Balaban J connectivity index is 2.05. The van der Waals surface area contributed by atoms with Gasteiger partial charge in [-0.3, -0.25) is 9.59 Å². The summed E-state index contributed by atoms with van der Waals surface area (Å²) in [5, 5.41) is 6.01. The van der Waals surface area contributed by atoms with Crippen molar-refractivity contribution in [2.75, 3.05) is 23.5 Å². The maximum atomic E-state index is 12.5. The van der Waals surface area contributed by atoms with Gasteiger partial charge in [0.15, 0.2) is 0 Å². The molecule has 0 bridgehead atoms. The molecule has 2 rings (SSSR count). The molecule has 0 heterocycles. The van der Waals surface area contributed by atoms with Crippen LogP contribution in [0, 0.1) is 0 Å². The fourth-order valence-corrected chi connectivity index (χ4v) is 2.90. The average molecular weight is 359 g/mol. The molecule has 0 aliphatic carbocycles. The molecule has 0 spiro atoms. The van der Waals surface area contributed by atoms with Crippen molar-refractivity contribution in [3.63, 3.8) is 0 Å². The number of hydrogen-bond donors (Lipinski definition) is 3. The minimum absolute atomic E-state index is 0.181. The van der Waals surface area contributed by atoms with Crippen LogP contribution in [-0.2, 0) is 9.59 Å². The summed E-state index contributed by atoms with van der Waals surface area (Å²) in [6, 6.07) is 14.2. The highest BCUT2D eigenvalue weighted by molar-refractivity contribution is 8.00. The Labute approximate surface area is 151 Å². The van der Waals surface area contributed by atoms with E-state index in [4.69, 9.17) is 10.5 Å². The molecule has 132 valence electrons. The van der Waals surface area contributed by atoms with E-state index in [1.54, 1.807) is 26.2 Å². The minimum Gasteiger partial charge on any atom is -0.495 e. The highest BCUT2D eigenvalue weighted by Crippen LogP contribution is 2.28. The smallest absolute Gasteiger partial charge is 0.246 e. The molecule has 1 atom stereocenters. The molecule has 7 heteroatoms. The number of ether oxygens (including phenoxy) is 1. The number of thioether (sulfide) groups is 1. The number of carbonyl (C=O) groups excluding carboxylic acids is 2. The second-order valence-corrected chi connectivity index (χ2v) is 6.32. The zero-order valence-electron chi connectivity index (χ0n) is 14.1. The summed E-state index contributed by atoms with van der Waals surface area (Å²) in [4.78, 5) is 24.3. The lowest BCUT2D eigenvalue weighted by molar-refractivity contribution is -0.117. The second-order valence-electron chi connectivity index (χ2n) is 5.31. The van der Waals surface area contributed by atoms with Crippen molar-refractivity contribution in [1.29, 1.82) is 0 Å². The summed E-state index contributed by atoms with van der Waals surface area (Å²) in [6.07, 6.45) is 0. The van der Waals surface area contributed by atoms with Gasteiger partial charge in [-0.05, 0) is 31.2 Å². The first-order valence-electron chi connectivity index (χ1n) is 7.72. The topological polar surface area (TPSA) is 93.4 Å².